The maximum absolute atomic E-state index is 8.76. The van der Waals surface area contributed by atoms with Crippen molar-refractivity contribution in [2.24, 2.45) is 0 Å². The van der Waals surface area contributed by atoms with E-state index >= 15 is 0 Å². The van der Waals surface area contributed by atoms with Crippen LogP contribution < -0.4 is 0 Å². The normalized spacial score (nSPS) is 9.58. The molecule has 0 aliphatic heterocycles. The van der Waals surface area contributed by atoms with Gasteiger partial charge < -0.3 is 0 Å². The van der Waals surface area contributed by atoms with Gasteiger partial charge in [0.15, 0.2) is 5.70 Å². The number of allylic oxidation sites excluding steroid dienone is 1. The lowest BCUT2D eigenvalue weighted by Crippen LogP contribution is -1.77. The van der Waals surface area contributed by atoms with Gasteiger partial charge in [0.25, 0.3) is 0 Å². The number of halogens is 1. The Morgan fingerprint density at radius 1 is 1.63 bits per heavy atom. The zero-order valence-corrected chi connectivity index (χ0v) is 11.8. The molecular formula is C13H11ClN2O2S. The zero-order chi connectivity index (χ0) is 14.7. The van der Waals surface area contributed by atoms with Gasteiger partial charge >= 0.3 is 6.15 Å². The lowest BCUT2D eigenvalue weighted by Gasteiger charge is -1.95. The van der Waals surface area contributed by atoms with E-state index in [-0.39, 0.29) is 6.15 Å². The second kappa shape index (κ2) is 10.1. The van der Waals surface area contributed by atoms with Crippen molar-refractivity contribution < 1.29 is 9.59 Å². The van der Waals surface area contributed by atoms with E-state index in [1.165, 1.54) is 11.3 Å². The monoisotopic (exact) mass is 294 g/mol. The molecule has 0 aliphatic rings. The van der Waals surface area contributed by atoms with Crippen LogP contribution in [0.1, 0.15) is 36.6 Å². The third-order valence-corrected chi connectivity index (χ3v) is 3.55. The Morgan fingerprint density at radius 2 is 2.26 bits per heavy atom. The molecule has 0 bridgehead atoms. The molecular weight excluding hydrogens is 284 g/mol. The molecule has 1 aromatic rings. The fourth-order valence-electron chi connectivity index (χ4n) is 1.20. The lowest BCUT2D eigenvalue weighted by molar-refractivity contribution is -0.191. The Morgan fingerprint density at radius 3 is 2.68 bits per heavy atom. The van der Waals surface area contributed by atoms with E-state index in [1.807, 2.05) is 6.07 Å². The molecule has 0 aliphatic carbocycles. The molecule has 0 atom stereocenters. The second-order valence-corrected chi connectivity index (χ2v) is 4.66. The summed E-state index contributed by atoms with van der Waals surface area (Å²) in [4.78, 5) is 20.5. The minimum atomic E-state index is 0.250. The van der Waals surface area contributed by atoms with E-state index in [1.54, 1.807) is 11.5 Å². The highest BCUT2D eigenvalue weighted by molar-refractivity contribution is 7.11. The van der Waals surface area contributed by atoms with Gasteiger partial charge in [-0.05, 0) is 12.5 Å². The maximum Gasteiger partial charge on any atom is 0.373 e. The molecule has 0 saturated carbocycles. The molecule has 0 fully saturated rings. The molecule has 1 heterocycles. The smallest absolute Gasteiger partial charge is 0.243 e. The molecule has 1 rings (SSSR count). The van der Waals surface area contributed by atoms with E-state index < -0.39 is 0 Å². The number of thiophene rings is 1. The molecule has 0 unspecified atom stereocenters. The minimum Gasteiger partial charge on any atom is -0.243 e. The van der Waals surface area contributed by atoms with Crippen LogP contribution in [0.2, 0.25) is 5.02 Å². The molecule has 6 heteroatoms. The molecule has 98 valence electrons. The SMILES string of the molecule is O=C=O.[C-]#[N+]/C(=C\c1scc(C#N)c1Cl)CCCC. The Bertz CT molecular complexity index is 558. The summed E-state index contributed by atoms with van der Waals surface area (Å²) >= 11 is 7.40. The average Bonchev–Trinajstić information content (AvgIpc) is 2.76. The van der Waals surface area contributed by atoms with Crippen molar-refractivity contribution in [3.63, 3.8) is 0 Å². The molecule has 4 nitrogen and oxygen atoms in total. The quantitative estimate of drug-likeness (QED) is 0.784. The first-order valence-corrected chi connectivity index (χ1v) is 6.64. The topological polar surface area (TPSA) is 62.3 Å². The molecule has 19 heavy (non-hydrogen) atoms. The van der Waals surface area contributed by atoms with Crippen molar-refractivity contribution in [3.8, 4) is 6.07 Å². The molecule has 0 N–H and O–H groups in total. The van der Waals surface area contributed by atoms with Gasteiger partial charge in [-0.25, -0.2) is 4.85 Å². The summed E-state index contributed by atoms with van der Waals surface area (Å²) < 4.78 is 0. The van der Waals surface area contributed by atoms with Gasteiger partial charge in [-0.3, -0.25) is 0 Å². The average molecular weight is 295 g/mol. The largest absolute Gasteiger partial charge is 0.373 e. The van der Waals surface area contributed by atoms with Crippen LogP contribution in [-0.4, -0.2) is 6.15 Å². The standard InChI is InChI=1S/C12H11ClN2S.CO2/c1-3-4-5-10(15-2)6-11-12(13)9(7-14)8-16-11;2-1-3/h6,8H,3-5H2,1H3;/b10-6-;. The fraction of sp³-hybridized carbons (Fsp3) is 0.308. The van der Waals surface area contributed by atoms with Gasteiger partial charge in [-0.1, -0.05) is 31.4 Å². The predicted octanol–water partition coefficient (Wildman–Crippen LogP) is 4.14. The Kier molecular flexibility index (Phi) is 9.04. The van der Waals surface area contributed by atoms with E-state index in [0.29, 0.717) is 16.3 Å². The van der Waals surface area contributed by atoms with Gasteiger partial charge in [-0.15, -0.1) is 11.3 Å². The molecule has 0 aromatic carbocycles. The Hall–Kier alpha value is -1.91. The number of hydrogen-bond acceptors (Lipinski definition) is 4. The van der Waals surface area contributed by atoms with Gasteiger partial charge in [-0.2, -0.15) is 14.9 Å². The van der Waals surface area contributed by atoms with Crippen LogP contribution in [0.25, 0.3) is 10.9 Å². The number of unbranched alkanes of at least 4 members (excludes halogenated alkanes) is 1. The van der Waals surface area contributed by atoms with E-state index in [0.717, 1.165) is 24.1 Å². The van der Waals surface area contributed by atoms with Gasteiger partial charge in [0.2, 0.25) is 0 Å². The second-order valence-electron chi connectivity index (χ2n) is 3.37. The first-order chi connectivity index (χ1) is 9.14. The molecule has 0 amide bonds. The number of hydrogen-bond donors (Lipinski definition) is 0. The first kappa shape index (κ1) is 17.1. The summed E-state index contributed by atoms with van der Waals surface area (Å²) in [5.74, 6) is 0. The van der Waals surface area contributed by atoms with Crippen molar-refractivity contribution in [2.45, 2.75) is 26.2 Å². The molecule has 0 saturated heterocycles. The van der Waals surface area contributed by atoms with Crippen LogP contribution in [-0.2, 0) is 9.59 Å². The lowest BCUT2D eigenvalue weighted by atomic mass is 10.2. The fourth-order valence-corrected chi connectivity index (χ4v) is 2.38. The number of nitrogens with zero attached hydrogens (tertiary/aromatic N) is 2. The number of nitriles is 1. The summed E-state index contributed by atoms with van der Waals surface area (Å²) in [7, 11) is 0. The molecule has 1 aromatic heterocycles. The summed E-state index contributed by atoms with van der Waals surface area (Å²) in [5, 5.41) is 10.9. The van der Waals surface area contributed by atoms with E-state index in [4.69, 9.17) is 33.0 Å². The Balaban J connectivity index is 0.000000982. The van der Waals surface area contributed by atoms with E-state index in [9.17, 15) is 0 Å². The van der Waals surface area contributed by atoms with Gasteiger partial charge in [0.1, 0.15) is 6.07 Å². The van der Waals surface area contributed by atoms with Crippen molar-refractivity contribution >= 4 is 35.2 Å². The molecule has 0 radical (unpaired) electrons. The van der Waals surface area contributed by atoms with Crippen LogP contribution in [0.4, 0.5) is 0 Å². The summed E-state index contributed by atoms with van der Waals surface area (Å²) in [6, 6.07) is 2.02. The highest BCUT2D eigenvalue weighted by Crippen LogP contribution is 2.30. The van der Waals surface area contributed by atoms with Crippen molar-refractivity contribution in [1.82, 2.24) is 0 Å². The highest BCUT2D eigenvalue weighted by Gasteiger charge is 2.08. The van der Waals surface area contributed by atoms with Crippen LogP contribution >= 0.6 is 22.9 Å². The summed E-state index contributed by atoms with van der Waals surface area (Å²) in [6.07, 6.45) is 4.88. The summed E-state index contributed by atoms with van der Waals surface area (Å²) in [6.45, 7) is 9.15. The maximum atomic E-state index is 8.76. The van der Waals surface area contributed by atoms with Gasteiger partial charge in [0.05, 0.1) is 17.2 Å². The Labute approximate surface area is 120 Å². The minimum absolute atomic E-state index is 0.250. The first-order valence-electron chi connectivity index (χ1n) is 5.38. The van der Waals surface area contributed by atoms with E-state index in [2.05, 4.69) is 11.8 Å². The highest BCUT2D eigenvalue weighted by atomic mass is 35.5. The van der Waals surface area contributed by atoms with Crippen LogP contribution in [0.15, 0.2) is 11.1 Å². The third-order valence-electron chi connectivity index (χ3n) is 2.10. The number of rotatable bonds is 4. The summed E-state index contributed by atoms with van der Waals surface area (Å²) in [5.41, 5.74) is 1.19. The van der Waals surface area contributed by atoms with Crippen molar-refractivity contribution in [1.29, 1.82) is 5.26 Å². The third kappa shape index (κ3) is 5.99. The van der Waals surface area contributed by atoms with Crippen LogP contribution in [0, 0.1) is 17.9 Å². The predicted molar refractivity (Wildman–Crippen MR) is 73.2 cm³/mol. The van der Waals surface area contributed by atoms with Crippen molar-refractivity contribution in [2.75, 3.05) is 0 Å². The van der Waals surface area contributed by atoms with Crippen LogP contribution in [0.3, 0.4) is 0 Å². The van der Waals surface area contributed by atoms with Gasteiger partial charge in [0, 0.05) is 10.3 Å². The number of carbonyl (C=O) groups excluding carboxylic acids is 2. The zero-order valence-electron chi connectivity index (χ0n) is 10.3. The molecule has 0 spiro atoms. The van der Waals surface area contributed by atoms with Crippen LogP contribution in [0.5, 0.6) is 0 Å². The van der Waals surface area contributed by atoms with Crippen molar-refractivity contribution in [3.05, 3.63) is 38.0 Å².